The maximum absolute atomic E-state index is 13.5. The summed E-state index contributed by atoms with van der Waals surface area (Å²) in [6, 6.07) is 8.85. The van der Waals surface area contributed by atoms with E-state index in [2.05, 4.69) is 16.0 Å². The molecule has 3 fully saturated rings. The molecule has 7 rings (SSSR count). The predicted octanol–water partition coefficient (Wildman–Crippen LogP) is 4.47. The number of amides is 2. The van der Waals surface area contributed by atoms with E-state index in [0.717, 1.165) is 60.3 Å². The Bertz CT molecular complexity index is 1790. The standard InChI is InChI=1S/C32H37F2N7O3/c1-17(36-30(42)23-14-32(23,33)34)24-9-8-20-11-25(40(29(20)37-24)15-19-6-7-19)28-18(2)41-26(38-28)12-21(13-27(41)44-3)31(43)39-10-4-5-22(35)16-39/h8-9,11-13,17,19,22-23H,4-7,10,14-16,35H2,1-3H3,(H,36,42)/t17-,22-,23-/m1/s1. The number of nitrogens with two attached hydrogens (primary N) is 1. The molecule has 0 spiro atoms. The van der Waals surface area contributed by atoms with Gasteiger partial charge in [-0.05, 0) is 69.7 Å². The van der Waals surface area contributed by atoms with E-state index in [1.165, 1.54) is 0 Å². The third-order valence-corrected chi connectivity index (χ3v) is 9.21. The highest BCUT2D eigenvalue weighted by Crippen LogP contribution is 2.49. The van der Waals surface area contributed by atoms with Crippen LogP contribution in [0.3, 0.4) is 0 Å². The van der Waals surface area contributed by atoms with Gasteiger partial charge in [0.2, 0.25) is 5.91 Å². The molecule has 2 saturated carbocycles. The summed E-state index contributed by atoms with van der Waals surface area (Å²) in [5.41, 5.74) is 11.1. The summed E-state index contributed by atoms with van der Waals surface area (Å²) < 4.78 is 36.7. The lowest BCUT2D eigenvalue weighted by molar-refractivity contribution is -0.125. The predicted molar refractivity (Wildman–Crippen MR) is 161 cm³/mol. The molecule has 12 heteroatoms. The molecule has 4 aromatic rings. The molecule has 232 valence electrons. The van der Waals surface area contributed by atoms with Crippen LogP contribution in [0.15, 0.2) is 30.3 Å². The maximum atomic E-state index is 13.5. The van der Waals surface area contributed by atoms with Crippen LogP contribution in [0.1, 0.15) is 66.8 Å². The molecule has 3 atom stereocenters. The van der Waals surface area contributed by atoms with Crippen LogP contribution in [0.4, 0.5) is 8.78 Å². The van der Waals surface area contributed by atoms with E-state index in [0.29, 0.717) is 41.8 Å². The van der Waals surface area contributed by atoms with Gasteiger partial charge in [0.15, 0.2) is 5.88 Å². The first kappa shape index (κ1) is 28.7. The number of nitrogens with zero attached hydrogens (tertiary/aromatic N) is 5. The van der Waals surface area contributed by atoms with Crippen LogP contribution in [0.25, 0.3) is 28.1 Å². The summed E-state index contributed by atoms with van der Waals surface area (Å²) in [7, 11) is 1.58. The van der Waals surface area contributed by atoms with Crippen molar-refractivity contribution in [2.45, 2.75) is 70.5 Å². The minimum Gasteiger partial charge on any atom is -0.482 e. The summed E-state index contributed by atoms with van der Waals surface area (Å²) in [5.74, 6) is -3.88. The van der Waals surface area contributed by atoms with E-state index in [1.54, 1.807) is 31.1 Å². The zero-order chi connectivity index (χ0) is 30.9. The topological polar surface area (TPSA) is 120 Å². The Labute approximate surface area is 253 Å². The smallest absolute Gasteiger partial charge is 0.260 e. The highest BCUT2D eigenvalue weighted by Gasteiger charge is 2.61. The van der Waals surface area contributed by atoms with E-state index in [4.69, 9.17) is 20.4 Å². The second-order valence-corrected chi connectivity index (χ2v) is 12.7. The lowest BCUT2D eigenvalue weighted by Gasteiger charge is -2.30. The summed E-state index contributed by atoms with van der Waals surface area (Å²) in [6.45, 7) is 5.69. The minimum absolute atomic E-state index is 0.0247. The Morgan fingerprint density at radius 2 is 1.95 bits per heavy atom. The summed E-state index contributed by atoms with van der Waals surface area (Å²) in [6.07, 6.45) is 3.64. The number of hydrogen-bond donors (Lipinski definition) is 2. The molecule has 2 amide bonds. The molecule has 44 heavy (non-hydrogen) atoms. The fraction of sp³-hybridized carbons (Fsp3) is 0.500. The normalized spacial score (nSPS) is 21.9. The molecule has 1 saturated heterocycles. The molecule has 5 heterocycles. The molecule has 3 N–H and O–H groups in total. The van der Waals surface area contributed by atoms with Crippen LogP contribution in [-0.4, -0.2) is 67.8 Å². The summed E-state index contributed by atoms with van der Waals surface area (Å²) >= 11 is 0. The zero-order valence-electron chi connectivity index (χ0n) is 25.1. The SMILES string of the molecule is COc1cc(C(=O)N2CCC[C@@H](N)C2)cc2nc(-c3cc4ccc([C@@H](C)NC(=O)[C@H]5CC5(F)F)nc4n3CC3CC3)c(C)n12. The van der Waals surface area contributed by atoms with Crippen LogP contribution in [-0.2, 0) is 11.3 Å². The number of pyridine rings is 2. The monoisotopic (exact) mass is 605 g/mol. The number of aryl methyl sites for hydroxylation is 1. The average molecular weight is 606 g/mol. The first-order valence-corrected chi connectivity index (χ1v) is 15.3. The molecule has 4 aromatic heterocycles. The van der Waals surface area contributed by atoms with Gasteiger partial charge in [-0.1, -0.05) is 0 Å². The number of rotatable bonds is 8. The average Bonchev–Trinajstić information content (AvgIpc) is 3.87. The highest BCUT2D eigenvalue weighted by molar-refractivity contribution is 5.96. The molecule has 0 unspecified atom stereocenters. The number of likely N-dealkylation sites (tertiary alicyclic amines) is 1. The van der Waals surface area contributed by atoms with Crippen molar-refractivity contribution in [3.05, 3.63) is 47.3 Å². The number of ether oxygens (including phenoxy) is 1. The number of aromatic nitrogens is 4. The number of hydrogen-bond acceptors (Lipinski definition) is 6. The van der Waals surface area contributed by atoms with E-state index in [1.807, 2.05) is 23.5 Å². The van der Waals surface area contributed by atoms with Gasteiger partial charge in [0.25, 0.3) is 11.8 Å². The number of fused-ring (bicyclic) bond motifs is 2. The van der Waals surface area contributed by atoms with Crippen LogP contribution in [0.5, 0.6) is 5.88 Å². The van der Waals surface area contributed by atoms with Gasteiger partial charge in [-0.2, -0.15) is 0 Å². The number of carbonyl (C=O) groups is 2. The molecule has 2 aliphatic carbocycles. The number of nitrogens with one attached hydrogen (secondary N) is 1. The number of carbonyl (C=O) groups excluding carboxylic acids is 2. The van der Waals surface area contributed by atoms with Gasteiger partial charge in [-0.25, -0.2) is 18.7 Å². The molecule has 10 nitrogen and oxygen atoms in total. The van der Waals surface area contributed by atoms with Crippen LogP contribution < -0.4 is 15.8 Å². The van der Waals surface area contributed by atoms with Gasteiger partial charge in [-0.15, -0.1) is 0 Å². The fourth-order valence-corrected chi connectivity index (χ4v) is 6.38. The summed E-state index contributed by atoms with van der Waals surface area (Å²) in [4.78, 5) is 37.5. The quantitative estimate of drug-likeness (QED) is 0.306. The Morgan fingerprint density at radius 1 is 1.18 bits per heavy atom. The molecular formula is C32H37F2N7O3. The van der Waals surface area contributed by atoms with Gasteiger partial charge in [0.05, 0.1) is 30.2 Å². The molecule has 0 radical (unpaired) electrons. The largest absolute Gasteiger partial charge is 0.482 e. The Hall–Kier alpha value is -4.06. The molecule has 3 aliphatic rings. The first-order valence-electron chi connectivity index (χ1n) is 15.3. The second-order valence-electron chi connectivity index (χ2n) is 12.7. The van der Waals surface area contributed by atoms with Crippen molar-refractivity contribution in [1.29, 1.82) is 0 Å². The van der Waals surface area contributed by atoms with Gasteiger partial charge < -0.3 is 25.3 Å². The second kappa shape index (κ2) is 10.5. The van der Waals surface area contributed by atoms with Crippen molar-refractivity contribution < 1.29 is 23.1 Å². The minimum atomic E-state index is -2.92. The van der Waals surface area contributed by atoms with Gasteiger partial charge in [0.1, 0.15) is 22.9 Å². The number of piperidine rings is 1. The van der Waals surface area contributed by atoms with Crippen molar-refractivity contribution in [2.75, 3.05) is 20.2 Å². The van der Waals surface area contributed by atoms with Crippen molar-refractivity contribution in [3.63, 3.8) is 0 Å². The molecule has 0 aromatic carbocycles. The number of halogens is 2. The lowest BCUT2D eigenvalue weighted by Crippen LogP contribution is -2.45. The third kappa shape index (κ3) is 5.08. The molecular weight excluding hydrogens is 568 g/mol. The number of imidazole rings is 1. The van der Waals surface area contributed by atoms with Gasteiger partial charge in [-0.3, -0.25) is 14.0 Å². The molecule has 1 aliphatic heterocycles. The van der Waals surface area contributed by atoms with E-state index >= 15 is 0 Å². The lowest BCUT2D eigenvalue weighted by atomic mass is 10.1. The van der Waals surface area contributed by atoms with Crippen molar-refractivity contribution in [3.8, 4) is 17.3 Å². The fourth-order valence-electron chi connectivity index (χ4n) is 6.38. The Kier molecular flexibility index (Phi) is 6.87. The van der Waals surface area contributed by atoms with Crippen LogP contribution in [0, 0.1) is 18.8 Å². The first-order chi connectivity index (χ1) is 21.0. The van der Waals surface area contributed by atoms with E-state index < -0.39 is 30.2 Å². The third-order valence-electron chi connectivity index (χ3n) is 9.21. The van der Waals surface area contributed by atoms with Crippen LogP contribution >= 0.6 is 0 Å². The summed E-state index contributed by atoms with van der Waals surface area (Å²) in [5, 5.41) is 3.63. The van der Waals surface area contributed by atoms with Crippen molar-refractivity contribution in [1.82, 2.24) is 29.2 Å². The highest BCUT2D eigenvalue weighted by atomic mass is 19.3. The van der Waals surface area contributed by atoms with Crippen LogP contribution in [0.2, 0.25) is 0 Å². The van der Waals surface area contributed by atoms with Crippen molar-refractivity contribution in [2.24, 2.45) is 17.6 Å². The Balaban J connectivity index is 1.27. The van der Waals surface area contributed by atoms with E-state index in [9.17, 15) is 18.4 Å². The Morgan fingerprint density at radius 3 is 2.64 bits per heavy atom. The number of methoxy groups -OCH3 is 1. The van der Waals surface area contributed by atoms with E-state index in [-0.39, 0.29) is 11.9 Å². The zero-order valence-corrected chi connectivity index (χ0v) is 25.1. The van der Waals surface area contributed by atoms with Crippen molar-refractivity contribution >= 4 is 28.5 Å². The maximum Gasteiger partial charge on any atom is 0.260 e. The molecule has 0 bridgehead atoms. The van der Waals surface area contributed by atoms with Gasteiger partial charge >= 0.3 is 0 Å². The number of alkyl halides is 2. The van der Waals surface area contributed by atoms with Gasteiger partial charge in [0, 0.05) is 49.1 Å².